The molecule has 2 atom stereocenters. The standard InChI is InChI=1S/C25H28ClN3O3/c1-14-10-11-16(22(25(3,4)5)32-24(27)31)12-18(14)23(30)28-15(2)19-13-21(26)29-20-9-7-6-8-17(19)20/h6-13,15,22H,1-5H3,(H2,27,31)(H,28,30). The number of halogens is 1. The first-order valence-electron chi connectivity index (χ1n) is 10.4. The van der Waals surface area contributed by atoms with Crippen LogP contribution >= 0.6 is 11.6 Å². The maximum atomic E-state index is 13.2. The van der Waals surface area contributed by atoms with Crippen molar-refractivity contribution in [3.05, 3.63) is 75.9 Å². The van der Waals surface area contributed by atoms with Crippen LogP contribution in [0.25, 0.3) is 10.9 Å². The van der Waals surface area contributed by atoms with Gasteiger partial charge in [-0.1, -0.05) is 62.7 Å². The molecule has 0 aliphatic heterocycles. The van der Waals surface area contributed by atoms with Crippen molar-refractivity contribution < 1.29 is 14.3 Å². The van der Waals surface area contributed by atoms with Crippen LogP contribution in [0.3, 0.4) is 0 Å². The van der Waals surface area contributed by atoms with E-state index in [1.165, 1.54) is 0 Å². The summed E-state index contributed by atoms with van der Waals surface area (Å²) < 4.78 is 5.37. The van der Waals surface area contributed by atoms with Crippen LogP contribution in [0.15, 0.2) is 48.5 Å². The highest BCUT2D eigenvalue weighted by molar-refractivity contribution is 6.30. The number of nitrogens with two attached hydrogens (primary N) is 1. The van der Waals surface area contributed by atoms with Gasteiger partial charge in [-0.2, -0.15) is 0 Å². The van der Waals surface area contributed by atoms with Gasteiger partial charge >= 0.3 is 6.09 Å². The highest BCUT2D eigenvalue weighted by atomic mass is 35.5. The van der Waals surface area contributed by atoms with Crippen molar-refractivity contribution in [2.75, 3.05) is 0 Å². The second kappa shape index (κ2) is 9.17. The average Bonchev–Trinajstić information content (AvgIpc) is 2.70. The number of ether oxygens (including phenoxy) is 1. The zero-order valence-electron chi connectivity index (χ0n) is 18.9. The van der Waals surface area contributed by atoms with Gasteiger partial charge in [0.05, 0.1) is 11.6 Å². The van der Waals surface area contributed by atoms with Crippen molar-refractivity contribution in [2.24, 2.45) is 11.1 Å². The molecule has 0 saturated heterocycles. The van der Waals surface area contributed by atoms with Crippen molar-refractivity contribution in [3.63, 3.8) is 0 Å². The van der Waals surface area contributed by atoms with Gasteiger partial charge in [-0.15, -0.1) is 0 Å². The van der Waals surface area contributed by atoms with Gasteiger partial charge in [0.25, 0.3) is 5.91 Å². The zero-order chi connectivity index (χ0) is 23.6. The number of nitrogens with one attached hydrogen (secondary N) is 1. The smallest absolute Gasteiger partial charge is 0.405 e. The van der Waals surface area contributed by atoms with Gasteiger partial charge < -0.3 is 15.8 Å². The van der Waals surface area contributed by atoms with E-state index in [0.717, 1.165) is 22.0 Å². The summed E-state index contributed by atoms with van der Waals surface area (Å²) in [5, 5.41) is 4.36. The number of para-hydroxylation sites is 1. The van der Waals surface area contributed by atoms with Gasteiger partial charge in [-0.05, 0) is 48.7 Å². The SMILES string of the molecule is Cc1ccc(C(OC(N)=O)C(C)(C)C)cc1C(=O)NC(C)c1cc(Cl)nc2ccccc12. The number of benzene rings is 2. The van der Waals surface area contributed by atoms with E-state index in [1.54, 1.807) is 12.1 Å². The molecule has 0 aliphatic rings. The first-order valence-corrected chi connectivity index (χ1v) is 10.8. The van der Waals surface area contributed by atoms with Crippen molar-refractivity contribution >= 4 is 34.5 Å². The molecule has 168 valence electrons. The van der Waals surface area contributed by atoms with Gasteiger partial charge in [-0.25, -0.2) is 9.78 Å². The highest BCUT2D eigenvalue weighted by Gasteiger charge is 2.30. The summed E-state index contributed by atoms with van der Waals surface area (Å²) in [5.41, 5.74) is 8.55. The minimum atomic E-state index is -0.855. The number of pyridine rings is 1. The lowest BCUT2D eigenvalue weighted by Gasteiger charge is -2.30. The van der Waals surface area contributed by atoms with E-state index >= 15 is 0 Å². The summed E-state index contributed by atoms with van der Waals surface area (Å²) in [6.07, 6.45) is -1.45. The van der Waals surface area contributed by atoms with Crippen LogP contribution in [-0.4, -0.2) is 17.0 Å². The maximum Gasteiger partial charge on any atom is 0.405 e. The number of nitrogens with zero attached hydrogens (tertiary/aromatic N) is 1. The third kappa shape index (κ3) is 5.19. The van der Waals surface area contributed by atoms with Crippen LogP contribution in [0, 0.1) is 12.3 Å². The number of amides is 2. The lowest BCUT2D eigenvalue weighted by atomic mass is 9.83. The maximum absolute atomic E-state index is 13.2. The topological polar surface area (TPSA) is 94.3 Å². The molecule has 0 aliphatic carbocycles. The van der Waals surface area contributed by atoms with Crippen LogP contribution in [0.1, 0.15) is 66.9 Å². The van der Waals surface area contributed by atoms with Crippen LogP contribution in [0.5, 0.6) is 0 Å². The van der Waals surface area contributed by atoms with E-state index in [-0.39, 0.29) is 11.9 Å². The molecule has 32 heavy (non-hydrogen) atoms. The number of rotatable bonds is 5. The van der Waals surface area contributed by atoms with E-state index < -0.39 is 17.6 Å². The third-order valence-corrected chi connectivity index (χ3v) is 5.55. The lowest BCUT2D eigenvalue weighted by Crippen LogP contribution is -2.29. The molecule has 0 saturated carbocycles. The fraction of sp³-hybridized carbons (Fsp3) is 0.320. The Morgan fingerprint density at radius 1 is 1.12 bits per heavy atom. The van der Waals surface area contributed by atoms with Crippen molar-refractivity contribution in [3.8, 4) is 0 Å². The molecule has 2 amide bonds. The summed E-state index contributed by atoms with van der Waals surface area (Å²) >= 11 is 6.21. The van der Waals surface area contributed by atoms with Crippen molar-refractivity contribution in [1.82, 2.24) is 10.3 Å². The number of fused-ring (bicyclic) bond motifs is 1. The van der Waals surface area contributed by atoms with Crippen LogP contribution in [-0.2, 0) is 4.74 Å². The number of hydrogen-bond donors (Lipinski definition) is 2. The van der Waals surface area contributed by atoms with E-state index in [0.29, 0.717) is 16.3 Å². The first-order chi connectivity index (χ1) is 15.0. The fourth-order valence-electron chi connectivity index (χ4n) is 3.79. The quantitative estimate of drug-likeness (QED) is 0.472. The van der Waals surface area contributed by atoms with E-state index in [1.807, 2.05) is 71.0 Å². The predicted molar refractivity (Wildman–Crippen MR) is 127 cm³/mol. The van der Waals surface area contributed by atoms with Crippen molar-refractivity contribution in [1.29, 1.82) is 0 Å². The Labute approximate surface area is 193 Å². The summed E-state index contributed by atoms with van der Waals surface area (Å²) in [6, 6.07) is 14.6. The summed E-state index contributed by atoms with van der Waals surface area (Å²) in [4.78, 5) is 29.0. The lowest BCUT2D eigenvalue weighted by molar-refractivity contribution is 0.0359. The van der Waals surface area contributed by atoms with Crippen LogP contribution < -0.4 is 11.1 Å². The highest BCUT2D eigenvalue weighted by Crippen LogP contribution is 2.37. The fourth-order valence-corrected chi connectivity index (χ4v) is 4.00. The zero-order valence-corrected chi connectivity index (χ0v) is 19.7. The monoisotopic (exact) mass is 453 g/mol. The molecule has 7 heteroatoms. The number of carbonyl (C=O) groups is 2. The average molecular weight is 454 g/mol. The predicted octanol–water partition coefficient (Wildman–Crippen LogP) is 5.87. The molecule has 3 N–H and O–H groups in total. The second-order valence-electron chi connectivity index (χ2n) is 9.00. The molecule has 1 heterocycles. The Morgan fingerprint density at radius 3 is 2.47 bits per heavy atom. The molecular formula is C25H28ClN3O3. The minimum absolute atomic E-state index is 0.236. The Morgan fingerprint density at radius 2 is 1.81 bits per heavy atom. The Balaban J connectivity index is 1.93. The van der Waals surface area contributed by atoms with E-state index in [9.17, 15) is 9.59 Å². The molecule has 3 rings (SSSR count). The Kier molecular flexibility index (Phi) is 6.74. The van der Waals surface area contributed by atoms with Crippen molar-refractivity contribution in [2.45, 2.75) is 46.8 Å². The molecule has 2 unspecified atom stereocenters. The van der Waals surface area contributed by atoms with Gasteiger partial charge in [0.1, 0.15) is 11.3 Å². The molecule has 0 fully saturated rings. The van der Waals surface area contributed by atoms with Gasteiger partial charge in [0.2, 0.25) is 0 Å². The third-order valence-electron chi connectivity index (χ3n) is 5.36. The number of aromatic nitrogens is 1. The molecule has 0 radical (unpaired) electrons. The molecule has 6 nitrogen and oxygen atoms in total. The van der Waals surface area contributed by atoms with Crippen LogP contribution in [0.2, 0.25) is 5.15 Å². The second-order valence-corrected chi connectivity index (χ2v) is 9.39. The van der Waals surface area contributed by atoms with E-state index in [2.05, 4.69) is 10.3 Å². The molecule has 2 aromatic carbocycles. The van der Waals surface area contributed by atoms with Crippen LogP contribution in [0.4, 0.5) is 4.79 Å². The van der Waals surface area contributed by atoms with E-state index in [4.69, 9.17) is 22.1 Å². The largest absolute Gasteiger partial charge is 0.441 e. The summed E-state index contributed by atoms with van der Waals surface area (Å²) in [5.74, 6) is -0.236. The Bertz CT molecular complexity index is 1170. The summed E-state index contributed by atoms with van der Waals surface area (Å²) in [6.45, 7) is 9.61. The molecule has 0 bridgehead atoms. The normalized spacial score (nSPS) is 13.4. The number of aryl methyl sites for hydroxylation is 1. The molecule has 3 aromatic rings. The molecule has 1 aromatic heterocycles. The molecular weight excluding hydrogens is 426 g/mol. The number of hydrogen-bond acceptors (Lipinski definition) is 4. The minimum Gasteiger partial charge on any atom is -0.441 e. The summed E-state index contributed by atoms with van der Waals surface area (Å²) in [7, 11) is 0. The Hall–Kier alpha value is -3.12. The first kappa shape index (κ1) is 23.5. The number of carbonyl (C=O) groups excluding carboxylic acids is 2. The number of primary amides is 1. The van der Waals surface area contributed by atoms with Gasteiger partial charge in [0, 0.05) is 16.4 Å². The van der Waals surface area contributed by atoms with Gasteiger partial charge in [-0.3, -0.25) is 4.79 Å². The van der Waals surface area contributed by atoms with Gasteiger partial charge in [0.15, 0.2) is 0 Å². The molecule has 0 spiro atoms.